The Morgan fingerprint density at radius 3 is 3.00 bits per heavy atom. The van der Waals surface area contributed by atoms with Gasteiger partial charge in [0, 0.05) is 38.2 Å². The van der Waals surface area contributed by atoms with Crippen molar-refractivity contribution in [2.45, 2.75) is 12.8 Å². The Balaban J connectivity index is 2.09. The molecule has 3 rings (SSSR count). The van der Waals surface area contributed by atoms with Crippen LogP contribution in [0, 0.1) is 5.92 Å². The summed E-state index contributed by atoms with van der Waals surface area (Å²) in [6.45, 7) is 4.60. The third-order valence-electron chi connectivity index (χ3n) is 3.76. The van der Waals surface area contributed by atoms with Gasteiger partial charge in [0.05, 0.1) is 0 Å². The highest BCUT2D eigenvalue weighted by Crippen LogP contribution is 2.40. The van der Waals surface area contributed by atoms with E-state index in [0.29, 0.717) is 11.8 Å². The van der Waals surface area contributed by atoms with E-state index < -0.39 is 0 Å². The summed E-state index contributed by atoms with van der Waals surface area (Å²) in [4.78, 5) is 13.6. The molecule has 1 amide bonds. The van der Waals surface area contributed by atoms with Crippen molar-refractivity contribution < 1.29 is 4.79 Å². The van der Waals surface area contributed by atoms with E-state index in [1.54, 1.807) is 6.92 Å². The summed E-state index contributed by atoms with van der Waals surface area (Å²) in [5.74, 6) is 1.32. The standard InChI is InChI=1S/C13H16N2O/c1-9(16)15-8-10-6-14-7-12(10)11-4-2-3-5-13(11)15/h2-5,10,12,14H,6-8H2,1H3/t10-,12+/m0/s1. The van der Waals surface area contributed by atoms with Crippen LogP contribution in [-0.2, 0) is 4.79 Å². The lowest BCUT2D eigenvalue weighted by Crippen LogP contribution is -2.40. The van der Waals surface area contributed by atoms with E-state index in [4.69, 9.17) is 0 Å². The van der Waals surface area contributed by atoms with Gasteiger partial charge in [0.15, 0.2) is 0 Å². The fourth-order valence-corrected chi connectivity index (χ4v) is 2.97. The summed E-state index contributed by atoms with van der Waals surface area (Å²) < 4.78 is 0. The summed E-state index contributed by atoms with van der Waals surface area (Å²) in [5.41, 5.74) is 2.44. The normalized spacial score (nSPS) is 27.4. The molecule has 2 heterocycles. The number of hydrogen-bond donors (Lipinski definition) is 1. The fourth-order valence-electron chi connectivity index (χ4n) is 2.97. The highest BCUT2D eigenvalue weighted by atomic mass is 16.2. The van der Waals surface area contributed by atoms with Gasteiger partial charge in [0.1, 0.15) is 0 Å². The molecule has 3 heteroatoms. The number of benzene rings is 1. The summed E-state index contributed by atoms with van der Waals surface area (Å²) in [6.07, 6.45) is 0. The molecule has 2 aliphatic rings. The van der Waals surface area contributed by atoms with Crippen LogP contribution in [0.5, 0.6) is 0 Å². The van der Waals surface area contributed by atoms with E-state index in [9.17, 15) is 4.79 Å². The molecule has 0 bridgehead atoms. The minimum Gasteiger partial charge on any atom is -0.316 e. The van der Waals surface area contributed by atoms with Crippen LogP contribution in [0.1, 0.15) is 18.4 Å². The zero-order chi connectivity index (χ0) is 11.1. The van der Waals surface area contributed by atoms with Crippen molar-refractivity contribution in [3.63, 3.8) is 0 Å². The van der Waals surface area contributed by atoms with Gasteiger partial charge in [-0.1, -0.05) is 18.2 Å². The second kappa shape index (κ2) is 3.59. The van der Waals surface area contributed by atoms with Crippen molar-refractivity contribution in [1.82, 2.24) is 5.32 Å². The predicted octanol–water partition coefficient (Wildman–Crippen LogP) is 1.36. The van der Waals surface area contributed by atoms with Crippen LogP contribution in [0.15, 0.2) is 24.3 Å². The van der Waals surface area contributed by atoms with Crippen molar-refractivity contribution in [1.29, 1.82) is 0 Å². The van der Waals surface area contributed by atoms with E-state index in [1.165, 1.54) is 5.56 Å². The number of anilines is 1. The maximum atomic E-state index is 11.7. The van der Waals surface area contributed by atoms with Gasteiger partial charge in [0.2, 0.25) is 5.91 Å². The number of fused-ring (bicyclic) bond motifs is 3. The van der Waals surface area contributed by atoms with Crippen molar-refractivity contribution in [3.05, 3.63) is 29.8 Å². The van der Waals surface area contributed by atoms with Crippen LogP contribution in [0.25, 0.3) is 0 Å². The van der Waals surface area contributed by atoms with Gasteiger partial charge in [-0.3, -0.25) is 4.79 Å². The van der Waals surface area contributed by atoms with Crippen LogP contribution in [0.3, 0.4) is 0 Å². The Morgan fingerprint density at radius 1 is 1.38 bits per heavy atom. The molecule has 1 aromatic rings. The SMILES string of the molecule is CC(=O)N1C[C@@H]2CNC[C@H]2c2ccccc21. The maximum Gasteiger partial charge on any atom is 0.223 e. The Hall–Kier alpha value is -1.35. The fraction of sp³-hybridized carbons (Fsp3) is 0.462. The van der Waals surface area contributed by atoms with Crippen LogP contribution < -0.4 is 10.2 Å². The molecule has 0 aromatic heterocycles. The number of hydrogen-bond acceptors (Lipinski definition) is 2. The topological polar surface area (TPSA) is 32.3 Å². The summed E-state index contributed by atoms with van der Waals surface area (Å²) in [6, 6.07) is 8.30. The van der Waals surface area contributed by atoms with Crippen LogP contribution in [0.2, 0.25) is 0 Å². The lowest BCUT2D eigenvalue weighted by atomic mass is 9.84. The summed E-state index contributed by atoms with van der Waals surface area (Å²) >= 11 is 0. The van der Waals surface area contributed by atoms with Gasteiger partial charge in [-0.15, -0.1) is 0 Å². The smallest absolute Gasteiger partial charge is 0.223 e. The monoisotopic (exact) mass is 216 g/mol. The van der Waals surface area contributed by atoms with Gasteiger partial charge in [-0.05, 0) is 17.5 Å². The Morgan fingerprint density at radius 2 is 2.19 bits per heavy atom. The third-order valence-corrected chi connectivity index (χ3v) is 3.76. The van der Waals surface area contributed by atoms with Crippen LogP contribution >= 0.6 is 0 Å². The van der Waals surface area contributed by atoms with E-state index >= 15 is 0 Å². The number of amides is 1. The lowest BCUT2D eigenvalue weighted by molar-refractivity contribution is -0.116. The molecule has 2 atom stereocenters. The first-order valence-electron chi connectivity index (χ1n) is 5.85. The molecule has 0 radical (unpaired) electrons. The Labute approximate surface area is 95.4 Å². The number of carbonyl (C=O) groups is 1. The number of rotatable bonds is 0. The van der Waals surface area contributed by atoms with Crippen molar-refractivity contribution in [2.75, 3.05) is 24.5 Å². The lowest BCUT2D eigenvalue weighted by Gasteiger charge is -2.35. The second-order valence-electron chi connectivity index (χ2n) is 4.71. The van der Waals surface area contributed by atoms with E-state index in [2.05, 4.69) is 23.5 Å². The quantitative estimate of drug-likeness (QED) is 0.710. The molecular weight excluding hydrogens is 200 g/mol. The average Bonchev–Trinajstić information content (AvgIpc) is 2.75. The minimum absolute atomic E-state index is 0.151. The number of para-hydroxylation sites is 1. The molecule has 1 fully saturated rings. The molecule has 1 N–H and O–H groups in total. The molecule has 0 aliphatic carbocycles. The maximum absolute atomic E-state index is 11.7. The molecule has 1 saturated heterocycles. The van der Waals surface area contributed by atoms with E-state index in [-0.39, 0.29) is 5.91 Å². The van der Waals surface area contributed by atoms with Crippen LogP contribution in [0.4, 0.5) is 5.69 Å². The molecule has 84 valence electrons. The van der Waals surface area contributed by atoms with E-state index in [0.717, 1.165) is 25.3 Å². The number of carbonyl (C=O) groups excluding carboxylic acids is 1. The molecule has 16 heavy (non-hydrogen) atoms. The average molecular weight is 216 g/mol. The summed E-state index contributed by atoms with van der Waals surface area (Å²) in [7, 11) is 0. The Bertz CT molecular complexity index is 430. The first-order valence-corrected chi connectivity index (χ1v) is 5.85. The highest BCUT2D eigenvalue weighted by Gasteiger charge is 2.37. The highest BCUT2D eigenvalue weighted by molar-refractivity contribution is 5.93. The zero-order valence-corrected chi connectivity index (χ0v) is 9.44. The van der Waals surface area contributed by atoms with Crippen LogP contribution in [-0.4, -0.2) is 25.5 Å². The van der Waals surface area contributed by atoms with Gasteiger partial charge in [0.25, 0.3) is 0 Å². The molecule has 0 spiro atoms. The van der Waals surface area contributed by atoms with E-state index in [1.807, 2.05) is 11.0 Å². The van der Waals surface area contributed by atoms with Gasteiger partial charge < -0.3 is 10.2 Å². The van der Waals surface area contributed by atoms with Crippen molar-refractivity contribution in [2.24, 2.45) is 5.92 Å². The van der Waals surface area contributed by atoms with Gasteiger partial charge >= 0.3 is 0 Å². The largest absolute Gasteiger partial charge is 0.316 e. The predicted molar refractivity (Wildman–Crippen MR) is 63.6 cm³/mol. The first-order chi connectivity index (χ1) is 7.77. The first kappa shape index (κ1) is 9.85. The van der Waals surface area contributed by atoms with Gasteiger partial charge in [-0.25, -0.2) is 0 Å². The molecule has 0 saturated carbocycles. The molecule has 0 unspecified atom stereocenters. The van der Waals surface area contributed by atoms with Crippen molar-refractivity contribution in [3.8, 4) is 0 Å². The number of nitrogens with zero attached hydrogens (tertiary/aromatic N) is 1. The zero-order valence-electron chi connectivity index (χ0n) is 9.44. The van der Waals surface area contributed by atoms with Gasteiger partial charge in [-0.2, -0.15) is 0 Å². The molecule has 1 aromatic carbocycles. The molecular formula is C13H16N2O. The van der Waals surface area contributed by atoms with Crippen molar-refractivity contribution >= 4 is 11.6 Å². The molecule has 3 nitrogen and oxygen atoms in total. The minimum atomic E-state index is 0.151. The summed E-state index contributed by atoms with van der Waals surface area (Å²) in [5, 5.41) is 3.43. The Kier molecular flexibility index (Phi) is 2.21. The number of nitrogens with one attached hydrogen (secondary N) is 1. The third kappa shape index (κ3) is 1.35. The molecule has 2 aliphatic heterocycles. The second-order valence-corrected chi connectivity index (χ2v) is 4.71.